The summed E-state index contributed by atoms with van der Waals surface area (Å²) in [6.45, 7) is 2.49. The molecule has 2 atom stereocenters. The van der Waals surface area contributed by atoms with E-state index in [9.17, 15) is 24.4 Å². The molecule has 0 radical (unpaired) electrons. The van der Waals surface area contributed by atoms with Crippen LogP contribution in [0.15, 0.2) is 36.4 Å². The van der Waals surface area contributed by atoms with Gasteiger partial charge >= 0.3 is 0 Å². The quantitative estimate of drug-likeness (QED) is 0.495. The molecule has 1 saturated heterocycles. The van der Waals surface area contributed by atoms with Crippen LogP contribution in [0.2, 0.25) is 0 Å². The van der Waals surface area contributed by atoms with Gasteiger partial charge < -0.3 is 25.8 Å². The summed E-state index contributed by atoms with van der Waals surface area (Å²) in [6.07, 6.45) is 2.83. The molecule has 0 saturated carbocycles. The van der Waals surface area contributed by atoms with Crippen LogP contribution >= 0.6 is 0 Å². The van der Waals surface area contributed by atoms with E-state index in [4.69, 9.17) is 5.73 Å². The van der Waals surface area contributed by atoms with Gasteiger partial charge in [-0.05, 0) is 85.5 Å². The topological polar surface area (TPSA) is 140 Å². The highest BCUT2D eigenvalue weighted by atomic mass is 16.2. The lowest BCUT2D eigenvalue weighted by atomic mass is 9.68. The Labute approximate surface area is 247 Å². The molecule has 4 rings (SSSR count). The Morgan fingerprint density at radius 2 is 1.52 bits per heavy atom. The fraction of sp³-hybridized carbons (Fsp3) is 0.469. The van der Waals surface area contributed by atoms with Crippen LogP contribution in [0.4, 0.5) is 0 Å². The molecule has 42 heavy (non-hydrogen) atoms. The lowest BCUT2D eigenvalue weighted by Gasteiger charge is -2.36. The van der Waals surface area contributed by atoms with E-state index in [-0.39, 0.29) is 36.7 Å². The number of hydrogen-bond donors (Lipinski definition) is 2. The minimum atomic E-state index is -1.28. The molecule has 2 aromatic rings. The number of nitrogens with zero attached hydrogens (tertiary/aromatic N) is 4. The molecule has 1 aliphatic carbocycles. The predicted molar refractivity (Wildman–Crippen MR) is 159 cm³/mol. The number of carbonyl (C=O) groups is 4. The third kappa shape index (κ3) is 5.74. The Hall–Kier alpha value is -4.23. The van der Waals surface area contributed by atoms with Gasteiger partial charge in [-0.1, -0.05) is 12.1 Å². The normalized spacial score (nSPS) is 17.7. The van der Waals surface area contributed by atoms with Gasteiger partial charge in [0.1, 0.15) is 11.5 Å². The van der Waals surface area contributed by atoms with Crippen LogP contribution in [-0.4, -0.2) is 91.7 Å². The number of likely N-dealkylation sites (tertiary alicyclic amines) is 1. The van der Waals surface area contributed by atoms with Crippen molar-refractivity contribution < 1.29 is 19.2 Å². The second-order valence-corrected chi connectivity index (χ2v) is 11.8. The molecule has 10 heteroatoms. The van der Waals surface area contributed by atoms with Crippen LogP contribution in [0.25, 0.3) is 0 Å². The summed E-state index contributed by atoms with van der Waals surface area (Å²) in [7, 11) is 6.76. The van der Waals surface area contributed by atoms with Crippen molar-refractivity contribution in [1.29, 1.82) is 5.26 Å². The third-order valence-electron chi connectivity index (χ3n) is 8.46. The van der Waals surface area contributed by atoms with Gasteiger partial charge in [-0.2, -0.15) is 5.26 Å². The standard InChI is InChI=1S/C32H40N6O4/c1-20(35-19-28(39)38-14-6-7-25(38)18-33)17-32(31(34)42)26-12-10-23(29(40)36(2)3)15-21(26)8-9-22-16-24(11-13-27(22)32)30(41)37(4)5/h10-13,15-16,20,25,35H,6-9,14,17,19H2,1-5H3,(H2,34,42)/t20-,25+/m1/s1. The van der Waals surface area contributed by atoms with Gasteiger partial charge in [0, 0.05) is 51.9 Å². The van der Waals surface area contributed by atoms with Gasteiger partial charge in [0.05, 0.1) is 12.6 Å². The van der Waals surface area contributed by atoms with E-state index in [0.29, 0.717) is 36.9 Å². The van der Waals surface area contributed by atoms with Crippen LogP contribution in [0, 0.1) is 11.3 Å². The van der Waals surface area contributed by atoms with Crippen molar-refractivity contribution in [3.05, 3.63) is 69.8 Å². The Balaban J connectivity index is 1.77. The molecule has 2 aromatic carbocycles. The minimum Gasteiger partial charge on any atom is -0.369 e. The van der Waals surface area contributed by atoms with Crippen molar-refractivity contribution in [2.75, 3.05) is 41.3 Å². The van der Waals surface area contributed by atoms with Crippen LogP contribution in [0.5, 0.6) is 0 Å². The van der Waals surface area contributed by atoms with Crippen molar-refractivity contribution >= 4 is 23.6 Å². The van der Waals surface area contributed by atoms with E-state index < -0.39 is 17.4 Å². The second kappa shape index (κ2) is 12.3. The first-order valence-corrected chi connectivity index (χ1v) is 14.3. The lowest BCUT2D eigenvalue weighted by Crippen LogP contribution is -2.49. The highest BCUT2D eigenvalue weighted by Gasteiger charge is 2.46. The Bertz CT molecular complexity index is 1370. The molecule has 10 nitrogen and oxygen atoms in total. The van der Waals surface area contributed by atoms with Gasteiger partial charge in [-0.25, -0.2) is 0 Å². The fourth-order valence-corrected chi connectivity index (χ4v) is 6.31. The summed E-state index contributed by atoms with van der Waals surface area (Å²) >= 11 is 0. The van der Waals surface area contributed by atoms with Crippen molar-refractivity contribution in [1.82, 2.24) is 20.0 Å². The smallest absolute Gasteiger partial charge is 0.253 e. The van der Waals surface area contributed by atoms with Crippen LogP contribution < -0.4 is 11.1 Å². The SMILES string of the molecule is C[C@H](CC1(C(N)=O)c2ccc(C(=O)N(C)C)cc2CCc2cc(C(=O)N(C)C)ccc21)NCC(=O)N1CCC[C@H]1C#N. The molecule has 2 aliphatic rings. The van der Waals surface area contributed by atoms with E-state index in [0.717, 1.165) is 28.7 Å². The largest absolute Gasteiger partial charge is 0.369 e. The first-order valence-electron chi connectivity index (χ1n) is 14.3. The van der Waals surface area contributed by atoms with Crippen molar-refractivity contribution in [3.63, 3.8) is 0 Å². The Kier molecular flexibility index (Phi) is 9.02. The zero-order valence-corrected chi connectivity index (χ0v) is 25.1. The summed E-state index contributed by atoms with van der Waals surface area (Å²) in [5.41, 5.74) is 9.19. The van der Waals surface area contributed by atoms with E-state index >= 15 is 0 Å². The first kappa shape index (κ1) is 30.7. The zero-order chi connectivity index (χ0) is 30.8. The molecule has 0 spiro atoms. The number of fused-ring (bicyclic) bond motifs is 2. The van der Waals surface area contributed by atoms with E-state index in [2.05, 4.69) is 11.4 Å². The van der Waals surface area contributed by atoms with E-state index in [1.54, 1.807) is 45.2 Å². The van der Waals surface area contributed by atoms with Crippen molar-refractivity contribution in [2.45, 2.75) is 56.5 Å². The lowest BCUT2D eigenvalue weighted by molar-refractivity contribution is -0.130. The molecule has 1 heterocycles. The summed E-state index contributed by atoms with van der Waals surface area (Å²) < 4.78 is 0. The van der Waals surface area contributed by atoms with Crippen LogP contribution in [0.3, 0.4) is 0 Å². The van der Waals surface area contributed by atoms with Crippen molar-refractivity contribution in [3.8, 4) is 6.07 Å². The number of nitriles is 1. The second-order valence-electron chi connectivity index (χ2n) is 11.8. The Morgan fingerprint density at radius 3 is 1.98 bits per heavy atom. The minimum absolute atomic E-state index is 0.0282. The number of primary amides is 1. The summed E-state index contributed by atoms with van der Waals surface area (Å²) in [4.78, 5) is 56.9. The average Bonchev–Trinajstić information content (AvgIpc) is 3.40. The fourth-order valence-electron chi connectivity index (χ4n) is 6.31. The first-order chi connectivity index (χ1) is 19.9. The highest BCUT2D eigenvalue weighted by Crippen LogP contribution is 2.44. The predicted octanol–water partition coefficient (Wildman–Crippen LogP) is 1.84. The number of nitrogens with two attached hydrogens (primary N) is 1. The molecule has 0 bridgehead atoms. The van der Waals surface area contributed by atoms with E-state index in [1.165, 1.54) is 9.80 Å². The van der Waals surface area contributed by atoms with Crippen LogP contribution in [-0.2, 0) is 27.8 Å². The highest BCUT2D eigenvalue weighted by molar-refractivity contribution is 5.97. The zero-order valence-electron chi connectivity index (χ0n) is 25.1. The molecule has 1 aliphatic heterocycles. The van der Waals surface area contributed by atoms with Gasteiger partial charge in [0.2, 0.25) is 11.8 Å². The maximum absolute atomic E-state index is 13.7. The summed E-state index contributed by atoms with van der Waals surface area (Å²) in [5, 5.41) is 12.7. The van der Waals surface area contributed by atoms with E-state index in [1.807, 2.05) is 31.2 Å². The maximum Gasteiger partial charge on any atom is 0.253 e. The molecule has 0 aromatic heterocycles. The van der Waals surface area contributed by atoms with Crippen LogP contribution in [0.1, 0.15) is 69.2 Å². The molecule has 222 valence electrons. The third-order valence-corrected chi connectivity index (χ3v) is 8.46. The monoisotopic (exact) mass is 572 g/mol. The number of carbonyl (C=O) groups excluding carboxylic acids is 4. The molecule has 3 N–H and O–H groups in total. The molecular formula is C32H40N6O4. The summed E-state index contributed by atoms with van der Waals surface area (Å²) in [5.74, 6) is -0.989. The Morgan fingerprint density at radius 1 is 1.00 bits per heavy atom. The molecule has 1 fully saturated rings. The molecule has 0 unspecified atom stereocenters. The number of nitrogens with one attached hydrogen (secondary N) is 1. The number of rotatable bonds is 8. The van der Waals surface area contributed by atoms with Gasteiger partial charge in [-0.15, -0.1) is 0 Å². The molecular weight excluding hydrogens is 532 g/mol. The number of benzene rings is 2. The van der Waals surface area contributed by atoms with Gasteiger partial charge in [0.25, 0.3) is 11.8 Å². The van der Waals surface area contributed by atoms with Gasteiger partial charge in [-0.3, -0.25) is 19.2 Å². The molecule has 4 amide bonds. The average molecular weight is 573 g/mol. The maximum atomic E-state index is 13.7. The number of hydrogen-bond acceptors (Lipinski definition) is 6. The number of amides is 4. The number of aryl methyl sites for hydroxylation is 2. The summed E-state index contributed by atoms with van der Waals surface area (Å²) in [6, 6.07) is 12.2. The van der Waals surface area contributed by atoms with Gasteiger partial charge in [0.15, 0.2) is 0 Å². The van der Waals surface area contributed by atoms with Crippen molar-refractivity contribution in [2.24, 2.45) is 5.73 Å².